The monoisotopic (exact) mass is 342 g/mol. The topological polar surface area (TPSA) is 54.7 Å². The van der Waals surface area contributed by atoms with Crippen LogP contribution < -0.4 is 10.1 Å². The summed E-state index contributed by atoms with van der Waals surface area (Å²) in [7, 11) is 1.67. The minimum absolute atomic E-state index is 0.0640. The maximum absolute atomic E-state index is 12.2. The van der Waals surface area contributed by atoms with Crippen LogP contribution in [0, 0.1) is 0 Å². The third-order valence-corrected chi connectivity index (χ3v) is 4.75. The number of amides is 1. The smallest absolute Gasteiger partial charge is 0.220 e. The Morgan fingerprint density at radius 2 is 2.00 bits per heavy atom. The van der Waals surface area contributed by atoms with E-state index in [0.717, 1.165) is 24.6 Å². The van der Waals surface area contributed by atoms with Crippen molar-refractivity contribution in [2.75, 3.05) is 26.7 Å². The molecule has 1 amide bonds. The molecule has 1 atom stereocenters. The van der Waals surface area contributed by atoms with Crippen LogP contribution in [0.2, 0.25) is 0 Å². The molecule has 0 aliphatic carbocycles. The molecule has 1 aromatic carbocycles. The number of furan rings is 1. The number of carbonyl (C=O) groups is 1. The molecule has 1 saturated heterocycles. The zero-order valence-electron chi connectivity index (χ0n) is 14.7. The summed E-state index contributed by atoms with van der Waals surface area (Å²) in [4.78, 5) is 14.7. The van der Waals surface area contributed by atoms with Crippen LogP contribution in [0.5, 0.6) is 5.75 Å². The van der Waals surface area contributed by atoms with Crippen LogP contribution in [0.25, 0.3) is 0 Å². The summed E-state index contributed by atoms with van der Waals surface area (Å²) in [6.45, 7) is 2.79. The van der Waals surface area contributed by atoms with E-state index in [1.807, 2.05) is 24.3 Å². The highest BCUT2D eigenvalue weighted by atomic mass is 16.5. The van der Waals surface area contributed by atoms with Gasteiger partial charge in [0.1, 0.15) is 11.5 Å². The van der Waals surface area contributed by atoms with E-state index < -0.39 is 0 Å². The average Bonchev–Trinajstić information content (AvgIpc) is 3.35. The van der Waals surface area contributed by atoms with Crippen molar-refractivity contribution in [2.24, 2.45) is 0 Å². The van der Waals surface area contributed by atoms with Crippen molar-refractivity contribution in [1.29, 1.82) is 0 Å². The summed E-state index contributed by atoms with van der Waals surface area (Å²) in [6.07, 6.45) is 5.16. The van der Waals surface area contributed by atoms with Gasteiger partial charge in [-0.1, -0.05) is 12.1 Å². The molecule has 2 heterocycles. The highest BCUT2D eigenvalue weighted by molar-refractivity contribution is 5.76. The van der Waals surface area contributed by atoms with E-state index in [-0.39, 0.29) is 11.9 Å². The number of carbonyl (C=O) groups excluding carboxylic acids is 1. The van der Waals surface area contributed by atoms with Gasteiger partial charge in [0.15, 0.2) is 0 Å². The maximum Gasteiger partial charge on any atom is 0.220 e. The zero-order chi connectivity index (χ0) is 17.5. The summed E-state index contributed by atoms with van der Waals surface area (Å²) < 4.78 is 10.5. The van der Waals surface area contributed by atoms with Crippen molar-refractivity contribution in [2.45, 2.75) is 31.7 Å². The molecule has 25 heavy (non-hydrogen) atoms. The number of methoxy groups -OCH3 is 1. The molecule has 1 aliphatic rings. The van der Waals surface area contributed by atoms with Crippen molar-refractivity contribution in [3.05, 3.63) is 54.0 Å². The predicted molar refractivity (Wildman–Crippen MR) is 96.6 cm³/mol. The van der Waals surface area contributed by atoms with Gasteiger partial charge in [-0.25, -0.2) is 0 Å². The fourth-order valence-corrected chi connectivity index (χ4v) is 3.33. The van der Waals surface area contributed by atoms with Gasteiger partial charge < -0.3 is 14.5 Å². The molecule has 1 aromatic heterocycles. The van der Waals surface area contributed by atoms with Crippen molar-refractivity contribution in [3.63, 3.8) is 0 Å². The Kier molecular flexibility index (Phi) is 6.12. The summed E-state index contributed by atoms with van der Waals surface area (Å²) in [5, 5.41) is 3.10. The van der Waals surface area contributed by atoms with Crippen LogP contribution in [0.1, 0.15) is 36.6 Å². The summed E-state index contributed by atoms with van der Waals surface area (Å²) >= 11 is 0. The van der Waals surface area contributed by atoms with Crippen molar-refractivity contribution in [3.8, 4) is 5.75 Å². The van der Waals surface area contributed by atoms with Gasteiger partial charge in [-0.3, -0.25) is 9.69 Å². The van der Waals surface area contributed by atoms with Gasteiger partial charge in [0.05, 0.1) is 19.4 Å². The maximum atomic E-state index is 12.2. The van der Waals surface area contributed by atoms with E-state index in [1.54, 1.807) is 13.4 Å². The molecular formula is C20H26N2O3. The first-order valence-corrected chi connectivity index (χ1v) is 8.93. The summed E-state index contributed by atoms with van der Waals surface area (Å²) in [6, 6.07) is 12.1. The van der Waals surface area contributed by atoms with Crippen molar-refractivity contribution in [1.82, 2.24) is 10.2 Å². The van der Waals surface area contributed by atoms with Gasteiger partial charge >= 0.3 is 0 Å². The van der Waals surface area contributed by atoms with Crippen LogP contribution in [-0.4, -0.2) is 37.6 Å². The van der Waals surface area contributed by atoms with E-state index in [1.165, 1.54) is 18.4 Å². The van der Waals surface area contributed by atoms with Crippen LogP contribution in [0.15, 0.2) is 47.1 Å². The third kappa shape index (κ3) is 4.86. The Bertz CT molecular complexity index is 646. The second-order valence-electron chi connectivity index (χ2n) is 6.42. The molecule has 1 N–H and O–H groups in total. The van der Waals surface area contributed by atoms with Crippen LogP contribution in [-0.2, 0) is 11.2 Å². The normalized spacial score (nSPS) is 15.9. The van der Waals surface area contributed by atoms with E-state index in [4.69, 9.17) is 9.15 Å². The number of benzene rings is 1. The Hall–Kier alpha value is -2.27. The lowest BCUT2D eigenvalue weighted by Gasteiger charge is -2.28. The number of ether oxygens (including phenoxy) is 1. The highest BCUT2D eigenvalue weighted by Crippen LogP contribution is 2.26. The molecule has 3 rings (SSSR count). The summed E-state index contributed by atoms with van der Waals surface area (Å²) in [5.74, 6) is 1.77. The lowest BCUT2D eigenvalue weighted by Crippen LogP contribution is -2.36. The average molecular weight is 342 g/mol. The fourth-order valence-electron chi connectivity index (χ4n) is 3.33. The quantitative estimate of drug-likeness (QED) is 0.800. The molecule has 2 aromatic rings. The number of hydrogen-bond acceptors (Lipinski definition) is 4. The molecule has 0 radical (unpaired) electrons. The first-order valence-electron chi connectivity index (χ1n) is 8.93. The van der Waals surface area contributed by atoms with Gasteiger partial charge in [-0.2, -0.15) is 0 Å². The fraction of sp³-hybridized carbons (Fsp3) is 0.450. The van der Waals surface area contributed by atoms with E-state index in [9.17, 15) is 4.79 Å². The minimum atomic E-state index is 0.0640. The first-order chi connectivity index (χ1) is 12.3. The van der Waals surface area contributed by atoms with E-state index in [2.05, 4.69) is 22.3 Å². The lowest BCUT2D eigenvalue weighted by molar-refractivity contribution is -0.121. The summed E-state index contributed by atoms with van der Waals surface area (Å²) in [5.41, 5.74) is 1.22. The standard InChI is InChI=1S/C20H26N2O3/c1-24-17-8-6-16(7-9-17)19(22-12-2-3-13-22)15-21-20(23)11-10-18-5-4-14-25-18/h4-9,14,19H,2-3,10-13,15H2,1H3,(H,21,23)/t19-/m1/s1. The van der Waals surface area contributed by atoms with Gasteiger partial charge in [-0.05, 0) is 55.8 Å². The zero-order valence-corrected chi connectivity index (χ0v) is 14.7. The van der Waals surface area contributed by atoms with Gasteiger partial charge in [0.25, 0.3) is 0 Å². The van der Waals surface area contributed by atoms with Gasteiger partial charge in [0, 0.05) is 19.4 Å². The number of aryl methyl sites for hydroxylation is 1. The molecule has 1 fully saturated rings. The Morgan fingerprint density at radius 1 is 1.24 bits per heavy atom. The second-order valence-corrected chi connectivity index (χ2v) is 6.42. The van der Waals surface area contributed by atoms with Crippen LogP contribution in [0.4, 0.5) is 0 Å². The molecule has 5 heteroatoms. The SMILES string of the molecule is COc1ccc([C@@H](CNC(=O)CCc2ccco2)N2CCCC2)cc1. The molecule has 1 aliphatic heterocycles. The second kappa shape index (κ2) is 8.72. The Labute approximate surface area is 149 Å². The highest BCUT2D eigenvalue weighted by Gasteiger charge is 2.24. The van der Waals surface area contributed by atoms with E-state index >= 15 is 0 Å². The van der Waals surface area contributed by atoms with E-state index in [0.29, 0.717) is 19.4 Å². The number of nitrogens with zero attached hydrogens (tertiary/aromatic N) is 1. The number of hydrogen-bond donors (Lipinski definition) is 1. The lowest BCUT2D eigenvalue weighted by atomic mass is 10.0. The Morgan fingerprint density at radius 3 is 2.64 bits per heavy atom. The first kappa shape index (κ1) is 17.5. The van der Waals surface area contributed by atoms with Gasteiger partial charge in [0.2, 0.25) is 5.91 Å². The third-order valence-electron chi connectivity index (χ3n) is 4.75. The minimum Gasteiger partial charge on any atom is -0.497 e. The van der Waals surface area contributed by atoms with Crippen molar-refractivity contribution < 1.29 is 13.9 Å². The molecule has 0 bridgehead atoms. The molecule has 134 valence electrons. The molecular weight excluding hydrogens is 316 g/mol. The predicted octanol–water partition coefficient (Wildman–Crippen LogP) is 3.17. The van der Waals surface area contributed by atoms with Crippen LogP contribution in [0.3, 0.4) is 0 Å². The largest absolute Gasteiger partial charge is 0.497 e. The number of likely N-dealkylation sites (tertiary alicyclic amines) is 1. The molecule has 0 spiro atoms. The van der Waals surface area contributed by atoms with Crippen molar-refractivity contribution >= 4 is 5.91 Å². The Balaban J connectivity index is 1.58. The molecule has 0 unspecified atom stereocenters. The van der Waals surface area contributed by atoms with Gasteiger partial charge in [-0.15, -0.1) is 0 Å². The molecule has 0 saturated carbocycles. The van der Waals surface area contributed by atoms with Crippen LogP contribution >= 0.6 is 0 Å². The molecule has 5 nitrogen and oxygen atoms in total. The number of rotatable bonds is 8. The number of nitrogens with one attached hydrogen (secondary N) is 1.